The van der Waals surface area contributed by atoms with E-state index in [1.54, 1.807) is 6.07 Å². The topological polar surface area (TPSA) is 62.2 Å². The van der Waals surface area contributed by atoms with Crippen LogP contribution in [0.15, 0.2) is 54.6 Å². The van der Waals surface area contributed by atoms with E-state index in [1.807, 2.05) is 24.3 Å². The van der Waals surface area contributed by atoms with Crippen LogP contribution in [0.2, 0.25) is 10.0 Å². The molecule has 0 unspecified atom stereocenters. The van der Waals surface area contributed by atoms with Gasteiger partial charge in [0.25, 0.3) is 0 Å². The monoisotopic (exact) mass is 608 g/mol. The van der Waals surface area contributed by atoms with Crippen molar-refractivity contribution >= 4 is 29.2 Å². The van der Waals surface area contributed by atoms with Gasteiger partial charge in [0.05, 0.1) is 10.0 Å². The van der Waals surface area contributed by atoms with E-state index < -0.39 is 12.0 Å². The normalized spacial score (nSPS) is 21.8. The summed E-state index contributed by atoms with van der Waals surface area (Å²) in [5.74, 6) is 1.57. The van der Waals surface area contributed by atoms with Gasteiger partial charge in [-0.05, 0) is 91.2 Å². The summed E-state index contributed by atoms with van der Waals surface area (Å²) in [6.07, 6.45) is 4.73. The molecule has 6 nitrogen and oxygen atoms in total. The number of carboxylic acid groups (broad SMARTS) is 1. The fraction of sp³-hybridized carbons (Fsp3) is 0.441. The molecule has 0 saturated heterocycles. The number of hydrogen-bond donors (Lipinski definition) is 1. The second kappa shape index (κ2) is 12.5. The third-order valence-electron chi connectivity index (χ3n) is 9.02. The van der Waals surface area contributed by atoms with Crippen LogP contribution in [0.25, 0.3) is 0 Å². The summed E-state index contributed by atoms with van der Waals surface area (Å²) < 4.78 is 13.0. The Morgan fingerprint density at radius 1 is 1.02 bits per heavy atom. The fourth-order valence-corrected chi connectivity index (χ4v) is 6.73. The second-order valence-corrected chi connectivity index (χ2v) is 12.9. The average Bonchev–Trinajstić information content (AvgIpc) is 3.11. The summed E-state index contributed by atoms with van der Waals surface area (Å²) in [7, 11) is 2.10. The summed E-state index contributed by atoms with van der Waals surface area (Å²) in [5.41, 5.74) is 5.51. The van der Waals surface area contributed by atoms with E-state index in [-0.39, 0.29) is 12.2 Å². The molecule has 8 heteroatoms. The van der Waals surface area contributed by atoms with Crippen LogP contribution in [0.5, 0.6) is 11.5 Å². The van der Waals surface area contributed by atoms with Crippen molar-refractivity contribution in [1.29, 1.82) is 0 Å². The van der Waals surface area contributed by atoms with Crippen molar-refractivity contribution in [3.63, 3.8) is 0 Å². The van der Waals surface area contributed by atoms with Crippen molar-refractivity contribution in [2.24, 2.45) is 5.92 Å². The minimum atomic E-state index is -0.724. The molecule has 222 valence electrons. The zero-order chi connectivity index (χ0) is 29.4. The highest BCUT2D eigenvalue weighted by atomic mass is 35.5. The maximum absolute atomic E-state index is 12.2. The Morgan fingerprint density at radius 2 is 1.81 bits per heavy atom. The number of carbonyl (C=O) groups is 1. The van der Waals surface area contributed by atoms with Crippen LogP contribution in [-0.4, -0.2) is 47.1 Å². The van der Waals surface area contributed by atoms with Gasteiger partial charge in [-0.2, -0.15) is 0 Å². The lowest BCUT2D eigenvalue weighted by Crippen LogP contribution is -2.48. The van der Waals surface area contributed by atoms with E-state index in [4.69, 9.17) is 32.7 Å². The molecule has 1 fully saturated rings. The first-order valence-electron chi connectivity index (χ1n) is 15.0. The molecule has 1 saturated carbocycles. The fourth-order valence-electron chi connectivity index (χ4n) is 6.42. The zero-order valence-electron chi connectivity index (χ0n) is 24.2. The smallest absolute Gasteiger partial charge is 0.321 e. The van der Waals surface area contributed by atoms with Gasteiger partial charge in [0.1, 0.15) is 29.7 Å². The summed E-state index contributed by atoms with van der Waals surface area (Å²) >= 11 is 12.4. The van der Waals surface area contributed by atoms with Crippen molar-refractivity contribution in [1.82, 2.24) is 9.80 Å². The number of carboxylic acids is 1. The lowest BCUT2D eigenvalue weighted by Gasteiger charge is -2.39. The molecule has 2 heterocycles. The Bertz CT molecular complexity index is 1440. The molecule has 3 atom stereocenters. The van der Waals surface area contributed by atoms with Crippen molar-refractivity contribution in [3.05, 3.63) is 92.5 Å². The minimum Gasteiger partial charge on any atom is -0.486 e. The predicted molar refractivity (Wildman–Crippen MR) is 166 cm³/mol. The minimum absolute atomic E-state index is 0.131. The standard InChI is InChI=1S/C34H38Cl2N2O4/c1-3-31(23-9-12-28(35)29(36)14-23)41-27-10-7-22(8-11-27)33-20-37(2)18-26-13-24-15-30(34(39)40)38(17-21-5-4-6-21)19-25(24)16-32(26)42-33/h7-14,16,21,30-31,33H,3-6,15,17-20H2,1-2H3,(H,39,40)/t30-,31+,33+/m0/s1. The molecule has 1 N–H and O–H groups in total. The highest BCUT2D eigenvalue weighted by Gasteiger charge is 2.35. The SMILES string of the molecule is CC[C@@H](Oc1ccc([C@H]2CN(C)Cc3cc4c(cc3O2)CN(CC2CCC2)[C@H](C(=O)O)C4)cc1)c1ccc(Cl)c(Cl)c1. The third-order valence-corrected chi connectivity index (χ3v) is 9.76. The predicted octanol–water partition coefficient (Wildman–Crippen LogP) is 7.70. The molecule has 0 radical (unpaired) electrons. The van der Waals surface area contributed by atoms with Gasteiger partial charge in [-0.25, -0.2) is 0 Å². The zero-order valence-corrected chi connectivity index (χ0v) is 25.7. The number of hydrogen-bond acceptors (Lipinski definition) is 5. The van der Waals surface area contributed by atoms with Crippen LogP contribution in [0.1, 0.15) is 72.6 Å². The van der Waals surface area contributed by atoms with E-state index in [9.17, 15) is 9.90 Å². The van der Waals surface area contributed by atoms with Crippen molar-refractivity contribution in [3.8, 4) is 11.5 Å². The van der Waals surface area contributed by atoms with Gasteiger partial charge in [-0.15, -0.1) is 0 Å². The molecule has 0 aromatic heterocycles. The first-order valence-corrected chi connectivity index (χ1v) is 15.7. The van der Waals surface area contributed by atoms with E-state index in [1.165, 1.54) is 24.8 Å². The maximum atomic E-state index is 12.2. The van der Waals surface area contributed by atoms with Crippen LogP contribution in [0.3, 0.4) is 0 Å². The molecule has 42 heavy (non-hydrogen) atoms. The molecule has 0 amide bonds. The lowest BCUT2D eigenvalue weighted by atomic mass is 9.83. The average molecular weight is 610 g/mol. The Morgan fingerprint density at radius 3 is 2.48 bits per heavy atom. The first-order chi connectivity index (χ1) is 20.3. The molecule has 0 bridgehead atoms. The van der Waals surface area contributed by atoms with Crippen LogP contribution >= 0.6 is 23.2 Å². The maximum Gasteiger partial charge on any atom is 0.321 e. The number of aliphatic carboxylic acids is 1. The molecule has 6 rings (SSSR count). The second-order valence-electron chi connectivity index (χ2n) is 12.1. The number of likely N-dealkylation sites (N-methyl/N-ethyl adjacent to an activating group) is 1. The van der Waals surface area contributed by atoms with Gasteiger partial charge in [0, 0.05) is 31.7 Å². The molecule has 0 spiro atoms. The van der Waals surface area contributed by atoms with Crippen molar-refractivity contribution < 1.29 is 19.4 Å². The lowest BCUT2D eigenvalue weighted by molar-refractivity contribution is -0.144. The molecule has 2 aliphatic heterocycles. The van der Waals surface area contributed by atoms with Gasteiger partial charge >= 0.3 is 5.97 Å². The summed E-state index contributed by atoms with van der Waals surface area (Å²) in [6.45, 7) is 5.10. The van der Waals surface area contributed by atoms with Crippen molar-refractivity contribution in [2.45, 2.75) is 70.4 Å². The third kappa shape index (κ3) is 6.28. The Kier molecular flexibility index (Phi) is 8.69. The largest absolute Gasteiger partial charge is 0.486 e. The number of rotatable bonds is 8. The highest BCUT2D eigenvalue weighted by Crippen LogP contribution is 2.38. The summed E-state index contributed by atoms with van der Waals surface area (Å²) in [6, 6.07) is 17.7. The highest BCUT2D eigenvalue weighted by molar-refractivity contribution is 6.42. The molecule has 3 aromatic rings. The molecular weight excluding hydrogens is 571 g/mol. The van der Waals surface area contributed by atoms with E-state index in [0.717, 1.165) is 59.8 Å². The first kappa shape index (κ1) is 29.3. The molecular formula is C34H38Cl2N2O4. The Hall–Kier alpha value is -2.77. The summed E-state index contributed by atoms with van der Waals surface area (Å²) in [4.78, 5) is 16.6. The van der Waals surface area contributed by atoms with E-state index in [2.05, 4.69) is 48.0 Å². The van der Waals surface area contributed by atoms with Gasteiger partial charge in [0.2, 0.25) is 0 Å². The van der Waals surface area contributed by atoms with Crippen molar-refractivity contribution in [2.75, 3.05) is 20.1 Å². The van der Waals surface area contributed by atoms with Crippen LogP contribution in [0, 0.1) is 5.92 Å². The number of halogens is 2. The molecule has 3 aliphatic rings. The molecule has 3 aromatic carbocycles. The van der Waals surface area contributed by atoms with Gasteiger partial charge in [0.15, 0.2) is 0 Å². The quantitative estimate of drug-likeness (QED) is 0.283. The number of nitrogens with zero attached hydrogens (tertiary/aromatic N) is 2. The van der Waals surface area contributed by atoms with Gasteiger partial charge in [-0.1, -0.05) is 60.8 Å². The molecule has 1 aliphatic carbocycles. The number of benzene rings is 3. The van der Waals surface area contributed by atoms with E-state index >= 15 is 0 Å². The van der Waals surface area contributed by atoms with Crippen LogP contribution < -0.4 is 9.47 Å². The summed E-state index contributed by atoms with van der Waals surface area (Å²) in [5, 5.41) is 11.0. The number of ether oxygens (including phenoxy) is 2. The van der Waals surface area contributed by atoms with Crippen LogP contribution in [-0.2, 0) is 24.3 Å². The van der Waals surface area contributed by atoms with Gasteiger partial charge in [-0.3, -0.25) is 14.6 Å². The Balaban J connectivity index is 1.19. The van der Waals surface area contributed by atoms with Crippen LogP contribution in [0.4, 0.5) is 0 Å². The van der Waals surface area contributed by atoms with Gasteiger partial charge < -0.3 is 14.6 Å². The Labute approximate surface area is 258 Å². The number of fused-ring (bicyclic) bond motifs is 2. The van der Waals surface area contributed by atoms with E-state index in [0.29, 0.717) is 28.9 Å².